The summed E-state index contributed by atoms with van der Waals surface area (Å²) in [5.74, 6) is 0.766. The smallest absolute Gasteiger partial charge is 0.412 e. The monoisotopic (exact) mass is 226 g/mol. The molecule has 0 saturated heterocycles. The summed E-state index contributed by atoms with van der Waals surface area (Å²) >= 11 is 0. The zero-order chi connectivity index (χ0) is 12.1. The Morgan fingerprint density at radius 3 is 2.94 bits per heavy atom. The number of aryl methyl sites for hydroxylation is 1. The number of anilines is 1. The molecule has 16 heavy (non-hydrogen) atoms. The minimum absolute atomic E-state index is 0.309. The van der Waals surface area contributed by atoms with E-state index in [2.05, 4.69) is 10.4 Å². The number of carbonyl (C=O) groups is 1. The summed E-state index contributed by atoms with van der Waals surface area (Å²) in [6.07, 6.45) is 1.26. The number of amides is 1. The summed E-state index contributed by atoms with van der Waals surface area (Å²) in [4.78, 5) is 11.4. The van der Waals surface area contributed by atoms with Crippen molar-refractivity contribution in [2.75, 3.05) is 11.9 Å². The van der Waals surface area contributed by atoms with Gasteiger partial charge in [0.1, 0.15) is 0 Å². The largest absolute Gasteiger partial charge is 0.449 e. The molecule has 1 heterocycles. The molecule has 0 radical (unpaired) electrons. The average molecular weight is 226 g/mol. The molecule has 0 aliphatic heterocycles. The van der Waals surface area contributed by atoms with Crippen molar-refractivity contribution < 1.29 is 9.53 Å². The van der Waals surface area contributed by atoms with Crippen LogP contribution in [0.5, 0.6) is 0 Å². The number of aromatic nitrogens is 2. The number of rotatable bonds is 4. The van der Waals surface area contributed by atoms with E-state index in [1.807, 2.05) is 13.8 Å². The number of ether oxygens (including phenoxy) is 1. The molecule has 6 heteroatoms. The highest BCUT2D eigenvalue weighted by Crippen LogP contribution is 2.11. The third-order valence-corrected chi connectivity index (χ3v) is 1.89. The van der Waals surface area contributed by atoms with E-state index >= 15 is 0 Å². The van der Waals surface area contributed by atoms with Gasteiger partial charge in [-0.3, -0.25) is 10.00 Å². The molecule has 0 aliphatic rings. The fourth-order valence-corrected chi connectivity index (χ4v) is 1.17. The molecule has 0 aromatic carbocycles. The van der Waals surface area contributed by atoms with Gasteiger partial charge in [-0.2, -0.15) is 5.10 Å². The summed E-state index contributed by atoms with van der Waals surface area (Å²) in [6, 6.07) is 0. The molecule has 0 spiro atoms. The molecule has 1 amide bonds. The molecule has 0 fully saturated rings. The van der Waals surface area contributed by atoms with E-state index in [1.54, 1.807) is 17.9 Å². The molecule has 0 aliphatic carbocycles. The Balaban J connectivity index is 2.55. The fraction of sp³-hybridized carbons (Fsp3) is 0.600. The second-order valence-corrected chi connectivity index (χ2v) is 4.00. The minimum Gasteiger partial charge on any atom is -0.449 e. The van der Waals surface area contributed by atoms with Gasteiger partial charge >= 0.3 is 6.09 Å². The van der Waals surface area contributed by atoms with Gasteiger partial charge in [0.15, 0.2) is 5.82 Å². The third-order valence-electron chi connectivity index (χ3n) is 1.89. The predicted octanol–water partition coefficient (Wildman–Crippen LogP) is 1.08. The first-order valence-corrected chi connectivity index (χ1v) is 5.19. The Bertz CT molecular complexity index is 360. The molecule has 3 N–H and O–H groups in total. The van der Waals surface area contributed by atoms with Crippen LogP contribution in [0.4, 0.5) is 10.6 Å². The van der Waals surface area contributed by atoms with Crippen LogP contribution in [0.1, 0.15) is 19.4 Å². The van der Waals surface area contributed by atoms with E-state index in [9.17, 15) is 4.79 Å². The van der Waals surface area contributed by atoms with Gasteiger partial charge in [-0.05, 0) is 5.92 Å². The normalized spacial score (nSPS) is 10.6. The van der Waals surface area contributed by atoms with Crippen molar-refractivity contribution in [3.63, 3.8) is 0 Å². The summed E-state index contributed by atoms with van der Waals surface area (Å²) in [7, 11) is 1.77. The Morgan fingerprint density at radius 2 is 2.38 bits per heavy atom. The number of nitrogens with two attached hydrogens (primary N) is 1. The van der Waals surface area contributed by atoms with E-state index in [0.29, 0.717) is 24.9 Å². The maximum Gasteiger partial charge on any atom is 0.412 e. The van der Waals surface area contributed by atoms with Crippen LogP contribution in [0.3, 0.4) is 0 Å². The summed E-state index contributed by atoms with van der Waals surface area (Å²) < 4.78 is 6.57. The number of nitrogens with one attached hydrogen (secondary N) is 1. The minimum atomic E-state index is -0.498. The summed E-state index contributed by atoms with van der Waals surface area (Å²) in [5, 5.41) is 6.64. The molecule has 0 unspecified atom stereocenters. The van der Waals surface area contributed by atoms with Crippen LogP contribution >= 0.6 is 0 Å². The van der Waals surface area contributed by atoms with Crippen LogP contribution in [0.2, 0.25) is 0 Å². The van der Waals surface area contributed by atoms with E-state index in [-0.39, 0.29) is 0 Å². The molecular weight excluding hydrogens is 208 g/mol. The summed E-state index contributed by atoms with van der Waals surface area (Å²) in [5.41, 5.74) is 6.30. The quantitative estimate of drug-likeness (QED) is 0.805. The topological polar surface area (TPSA) is 82.2 Å². The lowest BCUT2D eigenvalue weighted by molar-refractivity contribution is 0.147. The highest BCUT2D eigenvalue weighted by Gasteiger charge is 2.11. The van der Waals surface area contributed by atoms with Crippen molar-refractivity contribution >= 4 is 11.9 Å². The maximum atomic E-state index is 11.4. The predicted molar refractivity (Wildman–Crippen MR) is 60.9 cm³/mol. The number of carbonyl (C=O) groups excluding carboxylic acids is 1. The molecule has 6 nitrogen and oxygen atoms in total. The number of nitrogens with zero attached hydrogens (tertiary/aromatic N) is 2. The molecule has 1 rings (SSSR count). The first-order valence-electron chi connectivity index (χ1n) is 5.19. The van der Waals surface area contributed by atoms with Gasteiger partial charge in [0.2, 0.25) is 0 Å². The number of hydrogen-bond donors (Lipinski definition) is 2. The molecule has 1 aromatic heterocycles. The first kappa shape index (κ1) is 12.5. The van der Waals surface area contributed by atoms with E-state index in [1.165, 1.54) is 0 Å². The first-order chi connectivity index (χ1) is 7.52. The fourth-order valence-electron chi connectivity index (χ4n) is 1.17. The van der Waals surface area contributed by atoms with E-state index in [4.69, 9.17) is 10.5 Å². The molecule has 1 aromatic rings. The standard InChI is InChI=1S/C10H18N4O2/c1-7(2)6-16-10(15)12-9-8(4-11)5-14(3)13-9/h5,7H,4,6,11H2,1-3H3,(H,12,13,15). The average Bonchev–Trinajstić information content (AvgIpc) is 2.55. The van der Waals surface area contributed by atoms with Gasteiger partial charge in [-0.1, -0.05) is 13.8 Å². The van der Waals surface area contributed by atoms with Crippen LogP contribution < -0.4 is 11.1 Å². The van der Waals surface area contributed by atoms with Crippen molar-refractivity contribution in [1.82, 2.24) is 9.78 Å². The molecular formula is C10H18N4O2. The Morgan fingerprint density at radius 1 is 1.69 bits per heavy atom. The Hall–Kier alpha value is -1.56. The van der Waals surface area contributed by atoms with Crippen LogP contribution in [-0.2, 0) is 18.3 Å². The van der Waals surface area contributed by atoms with E-state index < -0.39 is 6.09 Å². The van der Waals surface area contributed by atoms with Gasteiger partial charge < -0.3 is 10.5 Å². The highest BCUT2D eigenvalue weighted by atomic mass is 16.5. The molecule has 0 saturated carbocycles. The zero-order valence-corrected chi connectivity index (χ0v) is 9.86. The second-order valence-electron chi connectivity index (χ2n) is 4.00. The van der Waals surface area contributed by atoms with Crippen molar-refractivity contribution in [3.8, 4) is 0 Å². The SMILES string of the molecule is CC(C)COC(=O)Nc1nn(C)cc1CN. The van der Waals surface area contributed by atoms with Gasteiger partial charge in [0.05, 0.1) is 6.61 Å². The van der Waals surface area contributed by atoms with Crippen LogP contribution in [0.25, 0.3) is 0 Å². The third kappa shape index (κ3) is 3.54. The van der Waals surface area contributed by atoms with Crippen LogP contribution in [0.15, 0.2) is 6.20 Å². The van der Waals surface area contributed by atoms with Crippen molar-refractivity contribution in [1.29, 1.82) is 0 Å². The second kappa shape index (κ2) is 5.50. The maximum absolute atomic E-state index is 11.4. The zero-order valence-electron chi connectivity index (χ0n) is 9.86. The van der Waals surface area contributed by atoms with Gasteiger partial charge in [0, 0.05) is 25.4 Å². The van der Waals surface area contributed by atoms with Gasteiger partial charge in [-0.25, -0.2) is 4.79 Å². The Kier molecular flexibility index (Phi) is 4.30. The van der Waals surface area contributed by atoms with Crippen molar-refractivity contribution in [2.24, 2.45) is 18.7 Å². The summed E-state index contributed by atoms with van der Waals surface area (Å²) in [6.45, 7) is 4.66. The molecule has 0 atom stereocenters. The molecule has 0 bridgehead atoms. The highest BCUT2D eigenvalue weighted by molar-refractivity contribution is 5.84. The Labute approximate surface area is 94.8 Å². The van der Waals surface area contributed by atoms with Crippen LogP contribution in [-0.4, -0.2) is 22.5 Å². The van der Waals surface area contributed by atoms with E-state index in [0.717, 1.165) is 5.56 Å². The van der Waals surface area contributed by atoms with Crippen molar-refractivity contribution in [2.45, 2.75) is 20.4 Å². The van der Waals surface area contributed by atoms with Gasteiger partial charge in [-0.15, -0.1) is 0 Å². The lowest BCUT2D eigenvalue weighted by atomic mass is 10.2. The van der Waals surface area contributed by atoms with Crippen molar-refractivity contribution in [3.05, 3.63) is 11.8 Å². The van der Waals surface area contributed by atoms with Crippen LogP contribution in [0, 0.1) is 5.92 Å². The molecule has 90 valence electrons. The lowest BCUT2D eigenvalue weighted by Crippen LogP contribution is -2.18. The lowest BCUT2D eigenvalue weighted by Gasteiger charge is -2.07. The number of hydrogen-bond acceptors (Lipinski definition) is 4. The van der Waals surface area contributed by atoms with Gasteiger partial charge in [0.25, 0.3) is 0 Å².